The van der Waals surface area contributed by atoms with Gasteiger partial charge in [0.1, 0.15) is 5.82 Å². The summed E-state index contributed by atoms with van der Waals surface area (Å²) in [5.74, 6) is 0.403. The van der Waals surface area contributed by atoms with Crippen molar-refractivity contribution in [3.8, 4) is 0 Å². The number of ketones is 1. The number of aryl methyl sites for hydroxylation is 1. The lowest BCUT2D eigenvalue weighted by atomic mass is 9.83. The number of anilines is 1. The van der Waals surface area contributed by atoms with E-state index in [9.17, 15) is 4.79 Å². The molecule has 4 nitrogen and oxygen atoms in total. The summed E-state index contributed by atoms with van der Waals surface area (Å²) >= 11 is 0. The fourth-order valence-electron chi connectivity index (χ4n) is 2.03. The highest BCUT2D eigenvalue weighted by Crippen LogP contribution is 2.27. The van der Waals surface area contributed by atoms with Gasteiger partial charge in [-0.1, -0.05) is 13.8 Å². The molecular formula is C14H23N3O. The van der Waals surface area contributed by atoms with Crippen molar-refractivity contribution in [1.29, 1.82) is 0 Å². The molecule has 18 heavy (non-hydrogen) atoms. The molecule has 1 heterocycles. The number of pyridine rings is 1. The van der Waals surface area contributed by atoms with E-state index in [-0.39, 0.29) is 11.2 Å². The lowest BCUT2D eigenvalue weighted by molar-refractivity contribution is 0.0961. The number of hydrogen-bond donors (Lipinski definition) is 2. The maximum Gasteiger partial charge on any atom is 0.166 e. The van der Waals surface area contributed by atoms with Crippen molar-refractivity contribution < 1.29 is 4.79 Å². The van der Waals surface area contributed by atoms with Crippen molar-refractivity contribution in [3.05, 3.63) is 23.4 Å². The highest BCUT2D eigenvalue weighted by Gasteiger charge is 2.20. The first-order valence-electron chi connectivity index (χ1n) is 6.32. The average molecular weight is 249 g/mol. The number of rotatable bonds is 6. The first-order chi connectivity index (χ1) is 8.37. The predicted molar refractivity (Wildman–Crippen MR) is 74.4 cm³/mol. The molecule has 0 radical (unpaired) electrons. The average Bonchev–Trinajstić information content (AvgIpc) is 2.26. The SMILES string of the molecule is Cc1ccnc(N)c1C(=O)CCC(C)(C)CCN. The highest BCUT2D eigenvalue weighted by atomic mass is 16.1. The Kier molecular flexibility index (Phi) is 4.84. The van der Waals surface area contributed by atoms with Gasteiger partial charge >= 0.3 is 0 Å². The van der Waals surface area contributed by atoms with Crippen LogP contribution in [0.25, 0.3) is 0 Å². The standard InChI is InChI=1S/C14H23N3O/c1-10-5-9-17-13(16)12(10)11(18)4-6-14(2,3)7-8-15/h5,9H,4,6-8,15H2,1-3H3,(H2,16,17). The van der Waals surface area contributed by atoms with E-state index >= 15 is 0 Å². The summed E-state index contributed by atoms with van der Waals surface area (Å²) in [7, 11) is 0. The fraction of sp³-hybridized carbons (Fsp3) is 0.571. The summed E-state index contributed by atoms with van der Waals surface area (Å²) in [6.07, 6.45) is 3.85. The Morgan fingerprint density at radius 2 is 2.06 bits per heavy atom. The summed E-state index contributed by atoms with van der Waals surface area (Å²) in [6.45, 7) is 6.80. The number of carbonyl (C=O) groups excluding carboxylic acids is 1. The number of aromatic nitrogens is 1. The van der Waals surface area contributed by atoms with E-state index in [1.54, 1.807) is 6.20 Å². The molecule has 1 rings (SSSR count). The second-order valence-corrected chi connectivity index (χ2v) is 5.51. The van der Waals surface area contributed by atoms with Crippen molar-refractivity contribution in [2.45, 2.75) is 40.0 Å². The first-order valence-corrected chi connectivity index (χ1v) is 6.32. The molecule has 0 aliphatic heterocycles. The molecule has 1 aromatic heterocycles. The number of nitrogens with zero attached hydrogens (tertiary/aromatic N) is 1. The monoisotopic (exact) mass is 249 g/mol. The molecule has 0 saturated heterocycles. The largest absolute Gasteiger partial charge is 0.383 e. The Morgan fingerprint density at radius 1 is 1.39 bits per heavy atom. The molecule has 100 valence electrons. The van der Waals surface area contributed by atoms with Crippen LogP contribution in [-0.2, 0) is 0 Å². The molecule has 0 bridgehead atoms. The molecule has 0 aliphatic carbocycles. The maximum absolute atomic E-state index is 12.2. The van der Waals surface area contributed by atoms with Gasteiger partial charge in [-0.15, -0.1) is 0 Å². The van der Waals surface area contributed by atoms with Gasteiger partial charge in [0.25, 0.3) is 0 Å². The third kappa shape index (κ3) is 3.81. The molecule has 0 saturated carbocycles. The van der Waals surface area contributed by atoms with Crippen LogP contribution in [0.3, 0.4) is 0 Å². The van der Waals surface area contributed by atoms with Crippen LogP contribution in [0.2, 0.25) is 0 Å². The minimum absolute atomic E-state index is 0.0724. The van der Waals surface area contributed by atoms with Crippen LogP contribution in [0.4, 0.5) is 5.82 Å². The zero-order valence-electron chi connectivity index (χ0n) is 11.5. The number of carbonyl (C=O) groups is 1. The second kappa shape index (κ2) is 5.96. The topological polar surface area (TPSA) is 82.0 Å². The Bertz CT molecular complexity index is 407. The van der Waals surface area contributed by atoms with Crippen LogP contribution in [0, 0.1) is 12.3 Å². The van der Waals surface area contributed by atoms with E-state index in [1.807, 2.05) is 13.0 Å². The van der Waals surface area contributed by atoms with Gasteiger partial charge in [0, 0.05) is 12.6 Å². The smallest absolute Gasteiger partial charge is 0.166 e. The van der Waals surface area contributed by atoms with Gasteiger partial charge in [-0.3, -0.25) is 4.79 Å². The molecule has 0 unspecified atom stereocenters. The van der Waals surface area contributed by atoms with Crippen LogP contribution in [0.5, 0.6) is 0 Å². The van der Waals surface area contributed by atoms with Crippen molar-refractivity contribution in [2.24, 2.45) is 11.1 Å². The minimum Gasteiger partial charge on any atom is -0.383 e. The molecule has 1 aromatic rings. The normalized spacial score (nSPS) is 11.6. The van der Waals surface area contributed by atoms with Gasteiger partial charge in [0.2, 0.25) is 0 Å². The minimum atomic E-state index is 0.0724. The predicted octanol–water partition coefficient (Wildman–Crippen LogP) is 2.31. The first kappa shape index (κ1) is 14.6. The van der Waals surface area contributed by atoms with E-state index in [2.05, 4.69) is 18.8 Å². The Hall–Kier alpha value is -1.42. The fourth-order valence-corrected chi connectivity index (χ4v) is 2.03. The van der Waals surface area contributed by atoms with Crippen molar-refractivity contribution >= 4 is 11.6 Å². The van der Waals surface area contributed by atoms with Crippen LogP contribution in [0.1, 0.15) is 49.0 Å². The number of hydrogen-bond acceptors (Lipinski definition) is 4. The van der Waals surface area contributed by atoms with Crippen LogP contribution >= 0.6 is 0 Å². The second-order valence-electron chi connectivity index (χ2n) is 5.51. The molecule has 0 atom stereocenters. The van der Waals surface area contributed by atoms with E-state index in [4.69, 9.17) is 11.5 Å². The van der Waals surface area contributed by atoms with E-state index in [0.717, 1.165) is 18.4 Å². The van der Waals surface area contributed by atoms with Crippen molar-refractivity contribution in [1.82, 2.24) is 4.98 Å². The Morgan fingerprint density at radius 3 is 2.61 bits per heavy atom. The summed E-state index contributed by atoms with van der Waals surface area (Å²) in [5, 5.41) is 0. The summed E-state index contributed by atoms with van der Waals surface area (Å²) in [6, 6.07) is 1.81. The lowest BCUT2D eigenvalue weighted by Crippen LogP contribution is -2.19. The molecule has 4 heteroatoms. The summed E-state index contributed by atoms with van der Waals surface area (Å²) in [5.41, 5.74) is 12.9. The van der Waals surface area contributed by atoms with Crippen molar-refractivity contribution in [2.75, 3.05) is 12.3 Å². The van der Waals surface area contributed by atoms with Gasteiger partial charge in [-0.25, -0.2) is 4.98 Å². The molecule has 0 fully saturated rings. The van der Waals surface area contributed by atoms with E-state index in [0.29, 0.717) is 24.3 Å². The molecule has 0 spiro atoms. The van der Waals surface area contributed by atoms with Crippen molar-refractivity contribution in [3.63, 3.8) is 0 Å². The zero-order valence-corrected chi connectivity index (χ0v) is 11.5. The number of nitrogen functional groups attached to an aromatic ring is 1. The quantitative estimate of drug-likeness (QED) is 0.758. The van der Waals surface area contributed by atoms with Gasteiger partial charge < -0.3 is 11.5 Å². The summed E-state index contributed by atoms with van der Waals surface area (Å²) < 4.78 is 0. The third-order valence-corrected chi connectivity index (χ3v) is 3.32. The van der Waals surface area contributed by atoms with Crippen LogP contribution in [0.15, 0.2) is 12.3 Å². The summed E-state index contributed by atoms with van der Waals surface area (Å²) in [4.78, 5) is 16.2. The van der Waals surface area contributed by atoms with Crippen LogP contribution in [-0.4, -0.2) is 17.3 Å². The Labute approximate surface area is 109 Å². The zero-order chi connectivity index (χ0) is 13.8. The molecule has 0 aromatic carbocycles. The van der Waals surface area contributed by atoms with Gasteiger partial charge in [0.15, 0.2) is 5.78 Å². The number of Topliss-reactive ketones (excluding diaryl/α,β-unsaturated/α-hetero) is 1. The van der Waals surface area contributed by atoms with E-state index in [1.165, 1.54) is 0 Å². The Balaban J connectivity index is 2.72. The van der Waals surface area contributed by atoms with Gasteiger partial charge in [0.05, 0.1) is 5.56 Å². The molecule has 0 amide bonds. The lowest BCUT2D eigenvalue weighted by Gasteiger charge is -2.23. The number of nitrogens with two attached hydrogens (primary N) is 2. The highest BCUT2D eigenvalue weighted by molar-refractivity contribution is 6.01. The third-order valence-electron chi connectivity index (χ3n) is 3.32. The molecule has 4 N–H and O–H groups in total. The molecular weight excluding hydrogens is 226 g/mol. The van der Waals surface area contributed by atoms with Crippen LogP contribution < -0.4 is 11.5 Å². The van der Waals surface area contributed by atoms with Gasteiger partial charge in [-0.2, -0.15) is 0 Å². The van der Waals surface area contributed by atoms with Gasteiger partial charge in [-0.05, 0) is 43.4 Å². The molecule has 0 aliphatic rings. The maximum atomic E-state index is 12.2. The van der Waals surface area contributed by atoms with E-state index < -0.39 is 0 Å².